The number of halogens is 2. The summed E-state index contributed by atoms with van der Waals surface area (Å²) < 4.78 is 12.7. The van der Waals surface area contributed by atoms with Crippen molar-refractivity contribution in [3.8, 4) is 0 Å². The molecule has 0 unspecified atom stereocenters. The highest BCUT2D eigenvalue weighted by molar-refractivity contribution is 6.18. The molecule has 1 saturated carbocycles. The minimum absolute atomic E-state index is 0.133. The van der Waals surface area contributed by atoms with Gasteiger partial charge in [0.2, 0.25) is 5.95 Å². The van der Waals surface area contributed by atoms with Crippen molar-refractivity contribution in [3.63, 3.8) is 0 Å². The average molecular weight is 258 g/mol. The lowest BCUT2D eigenvalue weighted by Crippen LogP contribution is -2.44. The van der Waals surface area contributed by atoms with E-state index in [2.05, 4.69) is 22.2 Å². The van der Waals surface area contributed by atoms with Gasteiger partial charge in [0.1, 0.15) is 0 Å². The van der Waals surface area contributed by atoms with Crippen molar-refractivity contribution in [2.24, 2.45) is 5.92 Å². The van der Waals surface area contributed by atoms with Crippen LogP contribution in [0.5, 0.6) is 0 Å². The van der Waals surface area contributed by atoms with E-state index in [0.717, 1.165) is 31.6 Å². The Labute approximate surface area is 106 Å². The Bertz CT molecular complexity index is 361. The lowest BCUT2D eigenvalue weighted by Gasteiger charge is -2.38. The molecular formula is C12H17ClFN3. The van der Waals surface area contributed by atoms with E-state index in [4.69, 9.17) is 11.6 Å². The van der Waals surface area contributed by atoms with Crippen molar-refractivity contribution in [1.82, 2.24) is 9.97 Å². The zero-order chi connectivity index (χ0) is 12.3. The van der Waals surface area contributed by atoms with Crippen LogP contribution in [0.4, 0.5) is 10.3 Å². The molecule has 0 amide bonds. The first-order valence-corrected chi connectivity index (χ1v) is 6.49. The van der Waals surface area contributed by atoms with Gasteiger partial charge >= 0.3 is 0 Å². The molecule has 3 nitrogen and oxygen atoms in total. The molecule has 0 radical (unpaired) electrons. The second-order valence-electron chi connectivity index (χ2n) is 4.95. The molecule has 94 valence electrons. The summed E-state index contributed by atoms with van der Waals surface area (Å²) in [4.78, 5) is 7.86. The second-order valence-corrected chi connectivity index (χ2v) is 5.21. The van der Waals surface area contributed by atoms with E-state index in [1.807, 2.05) is 0 Å². The second kappa shape index (κ2) is 5.17. The van der Waals surface area contributed by atoms with Crippen LogP contribution in [0.2, 0.25) is 0 Å². The number of hydrogen-bond donors (Lipinski definition) is 1. The van der Waals surface area contributed by atoms with Crippen molar-refractivity contribution in [1.29, 1.82) is 0 Å². The summed E-state index contributed by atoms with van der Waals surface area (Å²) in [7, 11) is 0. The highest BCUT2D eigenvalue weighted by Crippen LogP contribution is 2.34. The van der Waals surface area contributed by atoms with E-state index < -0.39 is 5.82 Å². The van der Waals surface area contributed by atoms with Crippen LogP contribution in [0.1, 0.15) is 32.6 Å². The molecule has 0 saturated heterocycles. The SMILES string of the molecule is CC1CCC(CCl)(Nc2ncc(F)cn2)CC1. The zero-order valence-corrected chi connectivity index (χ0v) is 10.7. The number of hydrogen-bond acceptors (Lipinski definition) is 3. The van der Waals surface area contributed by atoms with Crippen LogP contribution in [0.15, 0.2) is 12.4 Å². The lowest BCUT2D eigenvalue weighted by molar-refractivity contribution is 0.286. The lowest BCUT2D eigenvalue weighted by atomic mass is 9.78. The molecule has 2 rings (SSSR count). The van der Waals surface area contributed by atoms with Crippen LogP contribution in [0.25, 0.3) is 0 Å². The zero-order valence-electron chi connectivity index (χ0n) is 9.92. The minimum atomic E-state index is -0.423. The molecule has 17 heavy (non-hydrogen) atoms. The van der Waals surface area contributed by atoms with Crippen LogP contribution < -0.4 is 5.32 Å². The first-order chi connectivity index (χ1) is 8.13. The van der Waals surface area contributed by atoms with Gasteiger partial charge in [0.25, 0.3) is 0 Å². The summed E-state index contributed by atoms with van der Waals surface area (Å²) in [6.45, 7) is 2.26. The summed E-state index contributed by atoms with van der Waals surface area (Å²) in [5, 5.41) is 3.27. The van der Waals surface area contributed by atoms with Gasteiger partial charge in [-0.3, -0.25) is 0 Å². The van der Waals surface area contributed by atoms with E-state index in [9.17, 15) is 4.39 Å². The van der Waals surface area contributed by atoms with Crippen molar-refractivity contribution in [3.05, 3.63) is 18.2 Å². The maximum Gasteiger partial charge on any atom is 0.223 e. The summed E-state index contributed by atoms with van der Waals surface area (Å²) >= 11 is 6.07. The maximum atomic E-state index is 12.7. The topological polar surface area (TPSA) is 37.8 Å². The van der Waals surface area contributed by atoms with Gasteiger partial charge in [0.15, 0.2) is 5.82 Å². The Morgan fingerprint density at radius 1 is 1.41 bits per heavy atom. The quantitative estimate of drug-likeness (QED) is 0.845. The fraction of sp³-hybridized carbons (Fsp3) is 0.667. The fourth-order valence-electron chi connectivity index (χ4n) is 2.22. The molecule has 1 heterocycles. The molecule has 1 aromatic rings. The number of nitrogens with zero attached hydrogens (tertiary/aromatic N) is 2. The molecule has 5 heteroatoms. The number of nitrogens with one attached hydrogen (secondary N) is 1. The van der Waals surface area contributed by atoms with Crippen molar-refractivity contribution in [2.45, 2.75) is 38.1 Å². The Morgan fingerprint density at radius 2 is 2.00 bits per heavy atom. The van der Waals surface area contributed by atoms with Gasteiger partial charge in [0, 0.05) is 5.88 Å². The van der Waals surface area contributed by atoms with Gasteiger partial charge in [-0.1, -0.05) is 6.92 Å². The summed E-state index contributed by atoms with van der Waals surface area (Å²) in [5.74, 6) is 1.32. The predicted molar refractivity (Wildman–Crippen MR) is 66.7 cm³/mol. The molecule has 1 fully saturated rings. The van der Waals surface area contributed by atoms with E-state index >= 15 is 0 Å². The summed E-state index contributed by atoms with van der Waals surface area (Å²) in [5.41, 5.74) is -0.133. The molecule has 0 atom stereocenters. The van der Waals surface area contributed by atoms with Gasteiger partial charge in [-0.15, -0.1) is 11.6 Å². The number of anilines is 1. The van der Waals surface area contributed by atoms with Gasteiger partial charge in [-0.05, 0) is 31.6 Å². The normalized spacial score (nSPS) is 29.0. The molecule has 1 aromatic heterocycles. The largest absolute Gasteiger partial charge is 0.348 e. The molecule has 1 N–H and O–H groups in total. The van der Waals surface area contributed by atoms with Crippen LogP contribution in [-0.4, -0.2) is 21.4 Å². The Kier molecular flexibility index (Phi) is 3.82. The maximum absolute atomic E-state index is 12.7. The molecular weight excluding hydrogens is 241 g/mol. The van der Waals surface area contributed by atoms with Crippen LogP contribution in [0, 0.1) is 11.7 Å². The molecule has 0 aliphatic heterocycles. The first-order valence-electron chi connectivity index (χ1n) is 5.95. The van der Waals surface area contributed by atoms with E-state index in [1.165, 1.54) is 12.4 Å². The Morgan fingerprint density at radius 3 is 2.53 bits per heavy atom. The van der Waals surface area contributed by atoms with Crippen LogP contribution in [-0.2, 0) is 0 Å². The van der Waals surface area contributed by atoms with Gasteiger partial charge in [0.05, 0.1) is 17.9 Å². The number of aromatic nitrogens is 2. The molecule has 0 bridgehead atoms. The first kappa shape index (κ1) is 12.6. The summed E-state index contributed by atoms with van der Waals surface area (Å²) in [6, 6.07) is 0. The third-order valence-corrected chi connectivity index (χ3v) is 4.00. The van der Waals surface area contributed by atoms with Crippen molar-refractivity contribution < 1.29 is 4.39 Å². The Hall–Kier alpha value is -0.900. The Balaban J connectivity index is 2.06. The van der Waals surface area contributed by atoms with Crippen LogP contribution in [0.3, 0.4) is 0 Å². The smallest absolute Gasteiger partial charge is 0.223 e. The van der Waals surface area contributed by atoms with Crippen molar-refractivity contribution in [2.75, 3.05) is 11.2 Å². The van der Waals surface area contributed by atoms with Gasteiger partial charge in [-0.25, -0.2) is 14.4 Å². The minimum Gasteiger partial charge on any atom is -0.348 e. The molecule has 1 aliphatic rings. The van der Waals surface area contributed by atoms with Crippen LogP contribution >= 0.6 is 11.6 Å². The third kappa shape index (κ3) is 3.06. The van der Waals surface area contributed by atoms with Crippen molar-refractivity contribution >= 4 is 17.5 Å². The number of rotatable bonds is 3. The average Bonchev–Trinajstić information content (AvgIpc) is 2.35. The standard InChI is InChI=1S/C12H17ClFN3/c1-9-2-4-12(8-13,5-3-9)17-11-15-6-10(14)7-16-11/h6-7,9H,2-5,8H2,1H3,(H,15,16,17). The fourth-order valence-corrected chi connectivity index (χ4v) is 2.55. The van der Waals surface area contributed by atoms with Gasteiger partial charge < -0.3 is 5.32 Å². The molecule has 0 spiro atoms. The molecule has 1 aliphatic carbocycles. The van der Waals surface area contributed by atoms with E-state index in [0.29, 0.717) is 11.8 Å². The highest BCUT2D eigenvalue weighted by atomic mass is 35.5. The summed E-state index contributed by atoms with van der Waals surface area (Å²) in [6.07, 6.45) is 6.67. The third-order valence-electron chi connectivity index (χ3n) is 3.48. The monoisotopic (exact) mass is 257 g/mol. The van der Waals surface area contributed by atoms with E-state index in [-0.39, 0.29) is 5.54 Å². The predicted octanol–water partition coefficient (Wildman–Crippen LogP) is 3.22. The number of alkyl halides is 1. The van der Waals surface area contributed by atoms with E-state index in [1.54, 1.807) is 0 Å². The highest BCUT2D eigenvalue weighted by Gasteiger charge is 2.33. The van der Waals surface area contributed by atoms with Gasteiger partial charge in [-0.2, -0.15) is 0 Å². The molecule has 0 aromatic carbocycles.